The first-order valence-corrected chi connectivity index (χ1v) is 9.77. The molecule has 0 spiro atoms. The average molecular weight is 473 g/mol. The molecule has 3 heterocycles. The summed E-state index contributed by atoms with van der Waals surface area (Å²) in [5.41, 5.74) is 1.70. The van der Waals surface area contributed by atoms with E-state index in [9.17, 15) is 18.0 Å². The molecule has 0 saturated carbocycles. The second kappa shape index (κ2) is 9.21. The van der Waals surface area contributed by atoms with Gasteiger partial charge in [0.05, 0.1) is 24.6 Å². The fourth-order valence-corrected chi connectivity index (χ4v) is 3.56. The fourth-order valence-electron chi connectivity index (χ4n) is 3.38. The van der Waals surface area contributed by atoms with Gasteiger partial charge >= 0.3 is 12.1 Å². The smallest absolute Gasteiger partial charge is 0.475 e. The van der Waals surface area contributed by atoms with E-state index in [4.69, 9.17) is 25.9 Å². The molecule has 1 aliphatic rings. The summed E-state index contributed by atoms with van der Waals surface area (Å²) in [6, 6.07) is 7.28. The first-order valence-electron chi connectivity index (χ1n) is 9.39. The number of carboxylic acid groups (broad SMARTS) is 1. The average Bonchev–Trinajstić information content (AvgIpc) is 3.33. The number of aromatic nitrogens is 2. The van der Waals surface area contributed by atoms with Crippen molar-refractivity contribution in [2.24, 2.45) is 0 Å². The lowest BCUT2D eigenvalue weighted by molar-refractivity contribution is -0.192. The van der Waals surface area contributed by atoms with E-state index in [2.05, 4.69) is 14.5 Å². The molecule has 0 aliphatic carbocycles. The highest BCUT2D eigenvalue weighted by molar-refractivity contribution is 6.31. The summed E-state index contributed by atoms with van der Waals surface area (Å²) in [5, 5.41) is 8.59. The van der Waals surface area contributed by atoms with Crippen LogP contribution in [0.4, 0.5) is 13.2 Å². The van der Waals surface area contributed by atoms with Gasteiger partial charge in [-0.15, -0.1) is 0 Å². The van der Waals surface area contributed by atoms with Crippen LogP contribution >= 0.6 is 11.6 Å². The molecule has 1 amide bonds. The topological polar surface area (TPSA) is 91.8 Å². The maximum Gasteiger partial charge on any atom is 0.490 e. The standard InChI is InChI=1S/C18H19ClN4O2.C2HF3O2/c1-21(2)8-15-10-22(9-14-7-20-11-23(14)15)18(24)17-6-12-5-13(19)3-4-16(12)25-17;3-2(4,5)1(6)7/h3-7,11,15H,8-10H2,1-2H3;(H,6,7). The molecule has 12 heteroatoms. The van der Waals surface area contributed by atoms with Gasteiger partial charge in [0, 0.05) is 29.7 Å². The summed E-state index contributed by atoms with van der Waals surface area (Å²) < 4.78 is 39.6. The maximum atomic E-state index is 13.0. The van der Waals surface area contributed by atoms with Crippen LogP contribution in [0.25, 0.3) is 11.0 Å². The number of carbonyl (C=O) groups excluding carboxylic acids is 1. The van der Waals surface area contributed by atoms with Gasteiger partial charge in [-0.1, -0.05) is 11.6 Å². The highest BCUT2D eigenvalue weighted by Crippen LogP contribution is 2.27. The first-order chi connectivity index (χ1) is 15.0. The molecule has 0 saturated heterocycles. The van der Waals surface area contributed by atoms with Crippen molar-refractivity contribution in [1.29, 1.82) is 0 Å². The summed E-state index contributed by atoms with van der Waals surface area (Å²) in [5.74, 6) is -2.52. The third-order valence-corrected chi connectivity index (χ3v) is 4.95. The maximum absolute atomic E-state index is 13.0. The van der Waals surface area contributed by atoms with E-state index in [0.29, 0.717) is 29.5 Å². The van der Waals surface area contributed by atoms with Crippen molar-refractivity contribution in [3.8, 4) is 0 Å². The number of alkyl halides is 3. The molecule has 8 nitrogen and oxygen atoms in total. The Labute approximate surface area is 185 Å². The third kappa shape index (κ3) is 5.40. The van der Waals surface area contributed by atoms with Crippen LogP contribution in [0.2, 0.25) is 5.02 Å². The number of carboxylic acids is 1. The largest absolute Gasteiger partial charge is 0.490 e. The van der Waals surface area contributed by atoms with Gasteiger partial charge < -0.3 is 23.9 Å². The zero-order valence-electron chi connectivity index (χ0n) is 17.1. The van der Waals surface area contributed by atoms with Crippen molar-refractivity contribution in [1.82, 2.24) is 19.4 Å². The van der Waals surface area contributed by atoms with Crippen molar-refractivity contribution in [2.45, 2.75) is 18.8 Å². The zero-order chi connectivity index (χ0) is 23.6. The van der Waals surface area contributed by atoms with Gasteiger partial charge in [-0.05, 0) is 38.4 Å². The van der Waals surface area contributed by atoms with E-state index in [1.165, 1.54) is 0 Å². The van der Waals surface area contributed by atoms with Gasteiger partial charge in [0.15, 0.2) is 5.76 Å². The normalized spacial score (nSPS) is 16.0. The molecule has 32 heavy (non-hydrogen) atoms. The Hall–Kier alpha value is -3.05. The van der Waals surface area contributed by atoms with E-state index in [0.717, 1.165) is 17.6 Å². The van der Waals surface area contributed by atoms with Crippen molar-refractivity contribution < 1.29 is 32.3 Å². The van der Waals surface area contributed by atoms with Crippen LogP contribution in [0.1, 0.15) is 22.3 Å². The quantitative estimate of drug-likeness (QED) is 0.625. The zero-order valence-corrected chi connectivity index (χ0v) is 17.9. The molecule has 4 rings (SSSR count). The minimum absolute atomic E-state index is 0.108. The SMILES string of the molecule is CN(C)CC1CN(C(=O)c2cc3cc(Cl)ccc3o2)Cc2cncn21.O=C(O)C(F)(F)F. The van der Waals surface area contributed by atoms with Crippen molar-refractivity contribution in [3.63, 3.8) is 0 Å². The number of hydrogen-bond acceptors (Lipinski definition) is 5. The van der Waals surface area contributed by atoms with Crippen LogP contribution in [0.5, 0.6) is 0 Å². The number of benzene rings is 1. The molecule has 0 fully saturated rings. The molecule has 0 bridgehead atoms. The van der Waals surface area contributed by atoms with Gasteiger partial charge in [0.25, 0.3) is 5.91 Å². The summed E-state index contributed by atoms with van der Waals surface area (Å²) in [6.45, 7) is 1.99. The molecular formula is C20H20ClF3N4O4. The number of furan rings is 1. The molecule has 1 aliphatic heterocycles. The van der Waals surface area contributed by atoms with Crippen molar-refractivity contribution >= 4 is 34.4 Å². The van der Waals surface area contributed by atoms with Crippen LogP contribution in [-0.4, -0.2) is 69.7 Å². The van der Waals surface area contributed by atoms with E-state index in [1.807, 2.05) is 31.5 Å². The lowest BCUT2D eigenvalue weighted by Crippen LogP contribution is -2.43. The Balaban J connectivity index is 0.000000360. The molecule has 1 unspecified atom stereocenters. The van der Waals surface area contributed by atoms with Crippen LogP contribution in [0.15, 0.2) is 41.2 Å². The third-order valence-electron chi connectivity index (χ3n) is 4.72. The van der Waals surface area contributed by atoms with Crippen LogP contribution in [-0.2, 0) is 11.3 Å². The number of imidazole rings is 1. The lowest BCUT2D eigenvalue weighted by atomic mass is 10.1. The minimum Gasteiger partial charge on any atom is -0.475 e. The van der Waals surface area contributed by atoms with Gasteiger partial charge in [-0.3, -0.25) is 4.79 Å². The van der Waals surface area contributed by atoms with Crippen molar-refractivity contribution in [2.75, 3.05) is 27.2 Å². The van der Waals surface area contributed by atoms with Crippen molar-refractivity contribution in [3.05, 3.63) is 53.3 Å². The number of amides is 1. The summed E-state index contributed by atoms with van der Waals surface area (Å²) in [4.78, 5) is 30.1. The number of hydrogen-bond donors (Lipinski definition) is 1. The molecule has 1 atom stereocenters. The van der Waals surface area contributed by atoms with Crippen LogP contribution in [0, 0.1) is 0 Å². The number of fused-ring (bicyclic) bond motifs is 2. The van der Waals surface area contributed by atoms with Crippen LogP contribution < -0.4 is 0 Å². The van der Waals surface area contributed by atoms with E-state index in [-0.39, 0.29) is 11.9 Å². The highest BCUT2D eigenvalue weighted by Gasteiger charge is 2.38. The van der Waals surface area contributed by atoms with E-state index in [1.54, 1.807) is 24.3 Å². The molecule has 1 N–H and O–H groups in total. The fraction of sp³-hybridized carbons (Fsp3) is 0.350. The second-order valence-corrected chi connectivity index (χ2v) is 7.93. The molecule has 172 valence electrons. The summed E-state index contributed by atoms with van der Waals surface area (Å²) in [7, 11) is 4.06. The number of halogens is 4. The Kier molecular flexibility index (Phi) is 6.79. The van der Waals surface area contributed by atoms with Gasteiger partial charge in [-0.2, -0.15) is 13.2 Å². The molecule has 1 aromatic carbocycles. The Bertz CT molecular complexity index is 1130. The number of carbonyl (C=O) groups is 2. The van der Waals surface area contributed by atoms with Crippen LogP contribution in [0.3, 0.4) is 0 Å². The minimum atomic E-state index is -5.08. The van der Waals surface area contributed by atoms with Gasteiger partial charge in [-0.25, -0.2) is 9.78 Å². The van der Waals surface area contributed by atoms with Gasteiger partial charge in [0.2, 0.25) is 0 Å². The predicted molar refractivity (Wildman–Crippen MR) is 109 cm³/mol. The Morgan fingerprint density at radius 3 is 2.62 bits per heavy atom. The number of nitrogens with zero attached hydrogens (tertiary/aromatic N) is 4. The Morgan fingerprint density at radius 1 is 1.31 bits per heavy atom. The molecule has 2 aromatic heterocycles. The summed E-state index contributed by atoms with van der Waals surface area (Å²) >= 11 is 6.02. The highest BCUT2D eigenvalue weighted by atomic mass is 35.5. The second-order valence-electron chi connectivity index (χ2n) is 7.49. The number of likely N-dealkylation sites (N-methyl/N-ethyl adjacent to an activating group) is 1. The monoisotopic (exact) mass is 472 g/mol. The molecule has 3 aromatic rings. The number of aliphatic carboxylic acids is 1. The lowest BCUT2D eigenvalue weighted by Gasteiger charge is -2.35. The predicted octanol–water partition coefficient (Wildman–Crippen LogP) is 3.67. The molecular weight excluding hydrogens is 453 g/mol. The van der Waals surface area contributed by atoms with Gasteiger partial charge in [0.1, 0.15) is 5.58 Å². The van der Waals surface area contributed by atoms with E-state index >= 15 is 0 Å². The first kappa shape index (κ1) is 23.6. The Morgan fingerprint density at radius 2 is 2.00 bits per heavy atom. The van der Waals surface area contributed by atoms with E-state index < -0.39 is 12.1 Å². The number of rotatable bonds is 3. The summed E-state index contributed by atoms with van der Waals surface area (Å²) in [6.07, 6.45) is -1.42. The molecule has 0 radical (unpaired) electrons.